The lowest BCUT2D eigenvalue weighted by molar-refractivity contribution is 0.453. The first kappa shape index (κ1) is 13.0. The van der Waals surface area contributed by atoms with E-state index in [1.165, 1.54) is 0 Å². The Bertz CT molecular complexity index is 541. The van der Waals surface area contributed by atoms with Gasteiger partial charge in [0, 0.05) is 12.5 Å². The largest absolute Gasteiger partial charge is 0.444 e. The summed E-state index contributed by atoms with van der Waals surface area (Å²) in [5.41, 5.74) is 0. The Hall–Kier alpha value is -1.43. The molecule has 96 valence electrons. The van der Waals surface area contributed by atoms with Crippen LogP contribution in [0.15, 0.2) is 21.3 Å². The van der Waals surface area contributed by atoms with Crippen LogP contribution in [0.5, 0.6) is 0 Å². The van der Waals surface area contributed by atoms with Gasteiger partial charge in [-0.2, -0.15) is 0 Å². The molecule has 0 amide bonds. The molecule has 0 radical (unpaired) electrons. The molecule has 18 heavy (non-hydrogen) atoms. The van der Waals surface area contributed by atoms with Crippen molar-refractivity contribution in [3.8, 4) is 0 Å². The van der Waals surface area contributed by atoms with Crippen molar-refractivity contribution in [3.05, 3.63) is 34.3 Å². The number of halogens is 1. The number of aromatic nitrogens is 3. The molecule has 1 N–H and O–H groups in total. The molecule has 2 rings (SSSR count). The monoisotopic (exact) mass is 310 g/mol. The van der Waals surface area contributed by atoms with Gasteiger partial charge in [0.15, 0.2) is 0 Å². The van der Waals surface area contributed by atoms with E-state index in [0.717, 1.165) is 28.4 Å². The van der Waals surface area contributed by atoms with Crippen LogP contribution in [0.2, 0.25) is 0 Å². The highest BCUT2D eigenvalue weighted by atomic mass is 79.9. The Balaban J connectivity index is 2.16. The van der Waals surface area contributed by atoms with E-state index < -0.39 is 0 Å². The van der Waals surface area contributed by atoms with Crippen LogP contribution in [-0.2, 0) is 6.42 Å². The first-order valence-corrected chi connectivity index (χ1v) is 6.60. The summed E-state index contributed by atoms with van der Waals surface area (Å²) in [7, 11) is 0. The molecular weight excluding hydrogens is 296 g/mol. The molecule has 2 aromatic heterocycles. The molecule has 0 aliphatic carbocycles. The van der Waals surface area contributed by atoms with E-state index in [4.69, 9.17) is 4.42 Å². The van der Waals surface area contributed by atoms with Gasteiger partial charge in [0.05, 0.1) is 6.20 Å². The van der Waals surface area contributed by atoms with Gasteiger partial charge in [-0.15, -0.1) is 0 Å². The zero-order chi connectivity index (χ0) is 13.1. The van der Waals surface area contributed by atoms with Gasteiger partial charge < -0.3 is 9.73 Å². The minimum Gasteiger partial charge on any atom is -0.444 e. The first-order chi connectivity index (χ1) is 8.58. The highest BCUT2D eigenvalue weighted by molar-refractivity contribution is 9.10. The minimum absolute atomic E-state index is 0.0368. The van der Waals surface area contributed by atoms with Crippen molar-refractivity contribution >= 4 is 21.7 Å². The molecule has 0 spiro atoms. The van der Waals surface area contributed by atoms with Crippen molar-refractivity contribution in [1.82, 2.24) is 15.0 Å². The van der Waals surface area contributed by atoms with Crippen LogP contribution in [0.4, 0.5) is 5.82 Å². The second-order valence-corrected chi connectivity index (χ2v) is 4.83. The van der Waals surface area contributed by atoms with Crippen LogP contribution >= 0.6 is 15.9 Å². The Morgan fingerprint density at radius 1 is 1.44 bits per heavy atom. The Kier molecular flexibility index (Phi) is 3.96. The van der Waals surface area contributed by atoms with Crippen LogP contribution in [0.25, 0.3) is 0 Å². The molecule has 5 nitrogen and oxygen atoms in total. The molecule has 0 aliphatic heterocycles. The van der Waals surface area contributed by atoms with Gasteiger partial charge in [0.1, 0.15) is 28.0 Å². The van der Waals surface area contributed by atoms with Crippen LogP contribution in [0, 0.1) is 6.92 Å². The van der Waals surface area contributed by atoms with E-state index in [1.807, 2.05) is 26.8 Å². The normalized spacial score (nSPS) is 12.4. The minimum atomic E-state index is -0.0368. The van der Waals surface area contributed by atoms with Crippen molar-refractivity contribution in [3.63, 3.8) is 0 Å². The highest BCUT2D eigenvalue weighted by Crippen LogP contribution is 2.19. The molecule has 1 atom stereocenters. The highest BCUT2D eigenvalue weighted by Gasteiger charge is 2.12. The summed E-state index contributed by atoms with van der Waals surface area (Å²) in [6.45, 7) is 5.87. The Morgan fingerprint density at radius 2 is 2.22 bits per heavy atom. The molecule has 0 fully saturated rings. The molecule has 0 saturated heterocycles. The zero-order valence-corrected chi connectivity index (χ0v) is 12.2. The number of anilines is 1. The molecule has 0 bridgehead atoms. The maximum absolute atomic E-state index is 5.48. The summed E-state index contributed by atoms with van der Waals surface area (Å²) in [6, 6.07) is 1.80. The Labute approximate surface area is 114 Å². The Morgan fingerprint density at radius 3 is 2.83 bits per heavy atom. The van der Waals surface area contributed by atoms with E-state index in [1.54, 1.807) is 6.20 Å². The number of nitrogens with zero attached hydrogens (tertiary/aromatic N) is 3. The van der Waals surface area contributed by atoms with Crippen molar-refractivity contribution in [1.29, 1.82) is 0 Å². The van der Waals surface area contributed by atoms with Crippen molar-refractivity contribution < 1.29 is 4.42 Å². The molecule has 6 heteroatoms. The number of aryl methyl sites for hydroxylation is 2. The van der Waals surface area contributed by atoms with Crippen molar-refractivity contribution in [2.24, 2.45) is 0 Å². The molecule has 0 aliphatic rings. The van der Waals surface area contributed by atoms with E-state index in [2.05, 4.69) is 36.2 Å². The summed E-state index contributed by atoms with van der Waals surface area (Å²) < 4.78 is 6.25. The number of hydrogen-bond acceptors (Lipinski definition) is 5. The predicted molar refractivity (Wildman–Crippen MR) is 72.4 cm³/mol. The van der Waals surface area contributed by atoms with Crippen LogP contribution in [0.3, 0.4) is 0 Å². The van der Waals surface area contributed by atoms with Gasteiger partial charge in [0.25, 0.3) is 0 Å². The van der Waals surface area contributed by atoms with Crippen molar-refractivity contribution in [2.45, 2.75) is 33.2 Å². The SMILES string of the molecule is CCc1nc(Br)cc(NC(C)c2ncc(C)o2)n1. The smallest absolute Gasteiger partial charge is 0.216 e. The number of nitrogens with one attached hydrogen (secondary N) is 1. The lowest BCUT2D eigenvalue weighted by Gasteiger charge is -2.11. The average molecular weight is 311 g/mol. The van der Waals surface area contributed by atoms with Gasteiger partial charge in [-0.3, -0.25) is 0 Å². The summed E-state index contributed by atoms with van der Waals surface area (Å²) in [5, 5.41) is 3.25. The third-order valence-corrected chi connectivity index (χ3v) is 2.84. The fourth-order valence-corrected chi connectivity index (χ4v) is 1.97. The third kappa shape index (κ3) is 3.07. The lowest BCUT2D eigenvalue weighted by atomic mass is 10.3. The quantitative estimate of drug-likeness (QED) is 0.878. The summed E-state index contributed by atoms with van der Waals surface area (Å²) in [6.07, 6.45) is 2.50. The second-order valence-electron chi connectivity index (χ2n) is 4.02. The van der Waals surface area contributed by atoms with Gasteiger partial charge in [-0.1, -0.05) is 6.92 Å². The van der Waals surface area contributed by atoms with E-state index >= 15 is 0 Å². The third-order valence-electron chi connectivity index (χ3n) is 2.43. The van der Waals surface area contributed by atoms with Crippen LogP contribution in [0.1, 0.15) is 37.4 Å². The standard InChI is InChI=1S/C12H15BrN4O/c1-4-10-16-9(13)5-11(17-10)15-8(3)12-14-6-7(2)18-12/h5-6,8H,4H2,1-3H3,(H,15,16,17). The predicted octanol–water partition coefficient (Wildman–Crippen LogP) is 3.27. The molecule has 2 heterocycles. The fourth-order valence-electron chi connectivity index (χ4n) is 1.55. The summed E-state index contributed by atoms with van der Waals surface area (Å²) in [5.74, 6) is 3.01. The molecule has 0 aromatic carbocycles. The van der Waals surface area contributed by atoms with Gasteiger partial charge in [0.2, 0.25) is 5.89 Å². The first-order valence-electron chi connectivity index (χ1n) is 5.80. The maximum atomic E-state index is 5.48. The van der Waals surface area contributed by atoms with E-state index in [0.29, 0.717) is 5.89 Å². The fraction of sp³-hybridized carbons (Fsp3) is 0.417. The van der Waals surface area contributed by atoms with E-state index in [9.17, 15) is 0 Å². The maximum Gasteiger partial charge on any atom is 0.216 e. The molecule has 2 aromatic rings. The topological polar surface area (TPSA) is 63.8 Å². The van der Waals surface area contributed by atoms with Crippen LogP contribution in [-0.4, -0.2) is 15.0 Å². The van der Waals surface area contributed by atoms with E-state index in [-0.39, 0.29) is 6.04 Å². The summed E-state index contributed by atoms with van der Waals surface area (Å²) in [4.78, 5) is 12.9. The number of hydrogen-bond donors (Lipinski definition) is 1. The molecular formula is C12H15BrN4O. The van der Waals surface area contributed by atoms with Crippen molar-refractivity contribution in [2.75, 3.05) is 5.32 Å². The van der Waals surface area contributed by atoms with Crippen LogP contribution < -0.4 is 5.32 Å². The molecule has 0 saturated carbocycles. The van der Waals surface area contributed by atoms with Gasteiger partial charge >= 0.3 is 0 Å². The zero-order valence-electron chi connectivity index (χ0n) is 10.6. The number of oxazole rings is 1. The second kappa shape index (κ2) is 5.48. The lowest BCUT2D eigenvalue weighted by Crippen LogP contribution is -2.09. The van der Waals surface area contributed by atoms with Gasteiger partial charge in [-0.25, -0.2) is 15.0 Å². The summed E-state index contributed by atoms with van der Waals surface area (Å²) >= 11 is 3.37. The number of rotatable bonds is 4. The average Bonchev–Trinajstić information content (AvgIpc) is 2.75. The molecule has 1 unspecified atom stereocenters. The van der Waals surface area contributed by atoms with Gasteiger partial charge in [-0.05, 0) is 29.8 Å².